The first-order valence-electron chi connectivity index (χ1n) is 15.2. The Bertz CT molecular complexity index is 1540. The number of nitrogens with zero attached hydrogens (tertiary/aromatic N) is 4. The number of hydrogen-bond donors (Lipinski definition) is 3. The molecule has 0 unspecified atom stereocenters. The summed E-state index contributed by atoms with van der Waals surface area (Å²) in [7, 11) is 0. The number of benzene rings is 2. The maximum Gasteiger partial charge on any atom is 0.387 e. The van der Waals surface area contributed by atoms with E-state index >= 15 is 0 Å². The SMILES string of the molecule is Nc1ncnc2c1ncn2[C@H]1CC[C@@H](C[C@H](CCCC(=O)NCCc2ccc(OC(F)F)c(Cl)c2)CNCc2ccccc2)O1. The lowest BCUT2D eigenvalue weighted by atomic mass is 9.94. The Labute approximate surface area is 265 Å². The van der Waals surface area contributed by atoms with E-state index in [1.54, 1.807) is 18.5 Å². The van der Waals surface area contributed by atoms with E-state index in [1.807, 2.05) is 22.8 Å². The first kappa shape index (κ1) is 32.5. The van der Waals surface area contributed by atoms with Gasteiger partial charge in [0.25, 0.3) is 0 Å². The standard InChI is InChI=1S/C32H38ClF2N7O3/c33-25-16-21(9-11-26(25)45-32(34)35)13-14-38-27(43)8-4-7-23(18-37-17-22-5-2-1-3-6-22)15-24-10-12-28(44-24)42-20-41-29-30(36)39-19-40-31(29)42/h1-3,5-6,9,11,16,19-20,23-24,28,32,37H,4,7-8,10,12-15,17-18H2,(H,38,43)(H2,36,39,40)/t23-,24-,28+/m0/s1. The van der Waals surface area contributed by atoms with E-state index in [0.717, 1.165) is 50.8 Å². The van der Waals surface area contributed by atoms with E-state index in [-0.39, 0.29) is 29.0 Å². The maximum absolute atomic E-state index is 12.6. The molecule has 0 radical (unpaired) electrons. The summed E-state index contributed by atoms with van der Waals surface area (Å²) in [6.07, 6.45) is 8.25. The van der Waals surface area contributed by atoms with Crippen molar-refractivity contribution in [2.24, 2.45) is 5.92 Å². The molecule has 4 aromatic rings. The van der Waals surface area contributed by atoms with E-state index in [1.165, 1.54) is 18.0 Å². The van der Waals surface area contributed by atoms with E-state index in [0.29, 0.717) is 42.3 Å². The van der Waals surface area contributed by atoms with Gasteiger partial charge in [-0.15, -0.1) is 0 Å². The van der Waals surface area contributed by atoms with Crippen molar-refractivity contribution in [3.05, 3.63) is 77.3 Å². The van der Waals surface area contributed by atoms with Gasteiger partial charge in [0.15, 0.2) is 11.5 Å². The topological polar surface area (TPSA) is 129 Å². The zero-order valence-corrected chi connectivity index (χ0v) is 25.6. The average Bonchev–Trinajstić information content (AvgIpc) is 3.66. The summed E-state index contributed by atoms with van der Waals surface area (Å²) >= 11 is 6.03. The largest absolute Gasteiger partial charge is 0.433 e. The third-order valence-electron chi connectivity index (χ3n) is 7.95. The number of nitrogens with one attached hydrogen (secondary N) is 2. The Balaban J connectivity index is 1.09. The summed E-state index contributed by atoms with van der Waals surface area (Å²) in [5.41, 5.74) is 9.25. The van der Waals surface area contributed by atoms with E-state index in [2.05, 4.69) is 42.5 Å². The van der Waals surface area contributed by atoms with Crippen LogP contribution in [0.15, 0.2) is 61.2 Å². The summed E-state index contributed by atoms with van der Waals surface area (Å²) < 4.78 is 37.7. The molecule has 2 aromatic heterocycles. The molecule has 1 aliphatic heterocycles. The minimum atomic E-state index is -2.94. The highest BCUT2D eigenvalue weighted by Gasteiger charge is 2.30. The molecule has 1 amide bonds. The fraction of sp³-hybridized carbons (Fsp3) is 0.438. The van der Waals surface area contributed by atoms with Crippen molar-refractivity contribution in [3.63, 3.8) is 0 Å². The molecular weight excluding hydrogens is 604 g/mol. The minimum Gasteiger partial charge on any atom is -0.433 e. The Morgan fingerprint density at radius 1 is 1.13 bits per heavy atom. The van der Waals surface area contributed by atoms with E-state index in [4.69, 9.17) is 22.1 Å². The molecule has 2 aromatic carbocycles. The summed E-state index contributed by atoms with van der Waals surface area (Å²) in [6, 6.07) is 14.9. The summed E-state index contributed by atoms with van der Waals surface area (Å²) in [5, 5.41) is 6.65. The molecule has 10 nitrogen and oxygen atoms in total. The van der Waals surface area contributed by atoms with Gasteiger partial charge in [-0.3, -0.25) is 9.36 Å². The highest BCUT2D eigenvalue weighted by molar-refractivity contribution is 6.32. The summed E-state index contributed by atoms with van der Waals surface area (Å²) in [6.45, 7) is -0.935. The lowest BCUT2D eigenvalue weighted by Crippen LogP contribution is -2.28. The van der Waals surface area contributed by atoms with Crippen molar-refractivity contribution in [3.8, 4) is 5.75 Å². The number of hydrogen-bond acceptors (Lipinski definition) is 8. The van der Waals surface area contributed by atoms with Crippen LogP contribution >= 0.6 is 11.6 Å². The highest BCUT2D eigenvalue weighted by Crippen LogP contribution is 2.34. The number of nitrogen functional groups attached to an aromatic ring is 1. The predicted octanol–water partition coefficient (Wildman–Crippen LogP) is 5.67. The number of aromatic nitrogens is 4. The molecule has 4 N–H and O–H groups in total. The average molecular weight is 642 g/mol. The molecule has 1 fully saturated rings. The Morgan fingerprint density at radius 2 is 1.98 bits per heavy atom. The van der Waals surface area contributed by atoms with E-state index in [9.17, 15) is 13.6 Å². The van der Waals surface area contributed by atoms with Crippen LogP contribution in [0.4, 0.5) is 14.6 Å². The molecule has 240 valence electrons. The van der Waals surface area contributed by atoms with Gasteiger partial charge in [-0.25, -0.2) is 15.0 Å². The van der Waals surface area contributed by atoms with Crippen LogP contribution in [-0.4, -0.2) is 51.2 Å². The normalized spacial score (nSPS) is 17.2. The molecule has 0 saturated carbocycles. The Kier molecular flexibility index (Phi) is 11.5. The number of carbonyl (C=O) groups excluding carboxylic acids is 1. The van der Waals surface area contributed by atoms with Gasteiger partial charge in [-0.1, -0.05) is 48.0 Å². The van der Waals surface area contributed by atoms with Crippen LogP contribution in [0.1, 0.15) is 55.9 Å². The second-order valence-electron chi connectivity index (χ2n) is 11.2. The second kappa shape index (κ2) is 15.9. The Hall–Kier alpha value is -3.87. The fourth-order valence-corrected chi connectivity index (χ4v) is 5.96. The first-order chi connectivity index (χ1) is 21.9. The zero-order valence-electron chi connectivity index (χ0n) is 24.9. The Morgan fingerprint density at radius 3 is 2.78 bits per heavy atom. The third-order valence-corrected chi connectivity index (χ3v) is 8.24. The van der Waals surface area contributed by atoms with Crippen LogP contribution < -0.4 is 21.1 Å². The number of ether oxygens (including phenoxy) is 2. The number of rotatable bonds is 16. The lowest BCUT2D eigenvalue weighted by Gasteiger charge is -2.22. The minimum absolute atomic E-state index is 0.0276. The molecule has 3 atom stereocenters. The van der Waals surface area contributed by atoms with Crippen LogP contribution in [0, 0.1) is 5.92 Å². The molecule has 1 aliphatic rings. The summed E-state index contributed by atoms with van der Waals surface area (Å²) in [4.78, 5) is 25.4. The monoisotopic (exact) mass is 641 g/mol. The van der Waals surface area contributed by atoms with Crippen molar-refractivity contribution >= 4 is 34.5 Å². The molecule has 0 bridgehead atoms. The van der Waals surface area contributed by atoms with Crippen molar-refractivity contribution in [1.82, 2.24) is 30.2 Å². The van der Waals surface area contributed by atoms with Crippen LogP contribution in [0.3, 0.4) is 0 Å². The third kappa shape index (κ3) is 9.32. The number of alkyl halides is 2. The molecule has 13 heteroatoms. The van der Waals surface area contributed by atoms with Crippen LogP contribution in [0.25, 0.3) is 11.2 Å². The fourth-order valence-electron chi connectivity index (χ4n) is 5.71. The van der Waals surface area contributed by atoms with Crippen molar-refractivity contribution in [1.29, 1.82) is 0 Å². The predicted molar refractivity (Wildman–Crippen MR) is 168 cm³/mol. The highest BCUT2D eigenvalue weighted by atomic mass is 35.5. The van der Waals surface area contributed by atoms with Gasteiger partial charge in [0, 0.05) is 19.5 Å². The number of halogens is 3. The van der Waals surface area contributed by atoms with Crippen LogP contribution in [-0.2, 0) is 22.5 Å². The molecule has 0 spiro atoms. The second-order valence-corrected chi connectivity index (χ2v) is 11.6. The quantitative estimate of drug-likeness (QED) is 0.143. The van der Waals surface area contributed by atoms with Gasteiger partial charge in [0.05, 0.1) is 17.5 Å². The summed E-state index contributed by atoms with van der Waals surface area (Å²) in [5.74, 6) is 0.572. The molecule has 0 aliphatic carbocycles. The number of carbonyl (C=O) groups is 1. The van der Waals surface area contributed by atoms with Gasteiger partial charge in [-0.2, -0.15) is 8.78 Å². The van der Waals surface area contributed by atoms with Gasteiger partial charge in [0.1, 0.15) is 23.8 Å². The van der Waals surface area contributed by atoms with Gasteiger partial charge in [0.2, 0.25) is 5.91 Å². The smallest absolute Gasteiger partial charge is 0.387 e. The zero-order chi connectivity index (χ0) is 31.6. The van der Waals surface area contributed by atoms with Gasteiger partial charge < -0.3 is 25.8 Å². The first-order valence-corrected chi connectivity index (χ1v) is 15.6. The number of fused-ring (bicyclic) bond motifs is 1. The van der Waals surface area contributed by atoms with Crippen molar-refractivity contribution < 1.29 is 23.0 Å². The lowest BCUT2D eigenvalue weighted by molar-refractivity contribution is -0.121. The van der Waals surface area contributed by atoms with Gasteiger partial charge in [-0.05, 0) is 74.2 Å². The number of imidazole rings is 1. The van der Waals surface area contributed by atoms with E-state index < -0.39 is 6.61 Å². The van der Waals surface area contributed by atoms with Crippen molar-refractivity contribution in [2.45, 2.75) is 70.4 Å². The van der Waals surface area contributed by atoms with Crippen LogP contribution in [0.2, 0.25) is 5.02 Å². The molecule has 5 rings (SSSR count). The molecule has 3 heterocycles. The maximum atomic E-state index is 12.6. The molecule has 45 heavy (non-hydrogen) atoms. The number of nitrogens with two attached hydrogens (primary N) is 1. The number of amides is 1. The van der Waals surface area contributed by atoms with Crippen LogP contribution in [0.5, 0.6) is 5.75 Å². The number of anilines is 1. The van der Waals surface area contributed by atoms with Gasteiger partial charge >= 0.3 is 6.61 Å². The van der Waals surface area contributed by atoms with Crippen molar-refractivity contribution in [2.75, 3.05) is 18.8 Å². The molecular formula is C32H38ClF2N7O3. The molecule has 1 saturated heterocycles.